The SMILES string of the molecule is C#CC1CC=C(CO)O1. The van der Waals surface area contributed by atoms with E-state index in [2.05, 4.69) is 5.92 Å². The average molecular weight is 124 g/mol. The Bertz CT molecular complexity index is 164. The Morgan fingerprint density at radius 2 is 2.78 bits per heavy atom. The molecule has 1 heterocycles. The van der Waals surface area contributed by atoms with Gasteiger partial charge in [-0.2, -0.15) is 0 Å². The van der Waals surface area contributed by atoms with Crippen LogP contribution in [0.4, 0.5) is 0 Å². The van der Waals surface area contributed by atoms with E-state index < -0.39 is 0 Å². The normalized spacial score (nSPS) is 24.4. The summed E-state index contributed by atoms with van der Waals surface area (Å²) in [4.78, 5) is 0. The van der Waals surface area contributed by atoms with Crippen molar-refractivity contribution in [2.24, 2.45) is 0 Å². The van der Waals surface area contributed by atoms with E-state index in [0.29, 0.717) is 5.76 Å². The van der Waals surface area contributed by atoms with Gasteiger partial charge in [0.15, 0.2) is 6.10 Å². The number of aliphatic hydroxyl groups is 1. The summed E-state index contributed by atoms with van der Waals surface area (Å²) in [6.45, 7) is -0.0435. The Morgan fingerprint density at radius 3 is 3.11 bits per heavy atom. The maximum Gasteiger partial charge on any atom is 0.162 e. The molecular weight excluding hydrogens is 116 g/mol. The minimum absolute atomic E-state index is 0.0435. The Labute approximate surface area is 54.1 Å². The summed E-state index contributed by atoms with van der Waals surface area (Å²) in [5.74, 6) is 3.04. The maximum atomic E-state index is 8.52. The molecule has 2 heteroatoms. The summed E-state index contributed by atoms with van der Waals surface area (Å²) >= 11 is 0. The number of aliphatic hydroxyl groups excluding tert-OH is 1. The van der Waals surface area contributed by atoms with Gasteiger partial charge in [-0.05, 0) is 6.08 Å². The summed E-state index contributed by atoms with van der Waals surface area (Å²) in [7, 11) is 0. The van der Waals surface area contributed by atoms with Crippen LogP contribution in [-0.4, -0.2) is 17.8 Å². The first kappa shape index (κ1) is 6.18. The molecule has 0 aromatic heterocycles. The third kappa shape index (κ3) is 1.24. The van der Waals surface area contributed by atoms with Crippen molar-refractivity contribution in [3.8, 4) is 12.3 Å². The van der Waals surface area contributed by atoms with Crippen LogP contribution in [0.5, 0.6) is 0 Å². The van der Waals surface area contributed by atoms with E-state index in [9.17, 15) is 0 Å². The summed E-state index contributed by atoms with van der Waals surface area (Å²) in [6.07, 6.45) is 7.45. The summed E-state index contributed by atoms with van der Waals surface area (Å²) < 4.78 is 5.03. The molecule has 0 aromatic rings. The topological polar surface area (TPSA) is 29.5 Å². The van der Waals surface area contributed by atoms with Gasteiger partial charge in [-0.15, -0.1) is 6.42 Å². The molecule has 9 heavy (non-hydrogen) atoms. The highest BCUT2D eigenvalue weighted by atomic mass is 16.5. The van der Waals surface area contributed by atoms with Gasteiger partial charge in [-0.1, -0.05) is 5.92 Å². The number of rotatable bonds is 1. The molecule has 1 atom stereocenters. The van der Waals surface area contributed by atoms with Gasteiger partial charge in [-0.25, -0.2) is 0 Å². The predicted octanol–water partition coefficient (Wildman–Crippen LogP) is 0.285. The number of hydrogen-bond acceptors (Lipinski definition) is 2. The fourth-order valence-corrected chi connectivity index (χ4v) is 0.721. The zero-order chi connectivity index (χ0) is 6.69. The van der Waals surface area contributed by atoms with Gasteiger partial charge in [0, 0.05) is 6.42 Å². The van der Waals surface area contributed by atoms with Crippen LogP contribution in [0.1, 0.15) is 6.42 Å². The number of terminal acetylenes is 1. The van der Waals surface area contributed by atoms with Crippen LogP contribution in [-0.2, 0) is 4.74 Å². The van der Waals surface area contributed by atoms with E-state index in [0.717, 1.165) is 6.42 Å². The number of hydrogen-bond donors (Lipinski definition) is 1. The van der Waals surface area contributed by atoms with Crippen LogP contribution < -0.4 is 0 Å². The first-order valence-electron chi connectivity index (χ1n) is 2.79. The molecule has 0 fully saturated rings. The van der Waals surface area contributed by atoms with Crippen molar-refractivity contribution < 1.29 is 9.84 Å². The van der Waals surface area contributed by atoms with Gasteiger partial charge < -0.3 is 9.84 Å². The zero-order valence-electron chi connectivity index (χ0n) is 5.00. The first-order valence-corrected chi connectivity index (χ1v) is 2.79. The van der Waals surface area contributed by atoms with Crippen LogP contribution in [0, 0.1) is 12.3 Å². The van der Waals surface area contributed by atoms with Crippen molar-refractivity contribution >= 4 is 0 Å². The van der Waals surface area contributed by atoms with Crippen molar-refractivity contribution in [1.29, 1.82) is 0 Å². The molecule has 1 N–H and O–H groups in total. The molecule has 0 saturated carbocycles. The van der Waals surface area contributed by atoms with E-state index in [1.54, 1.807) is 0 Å². The molecule has 48 valence electrons. The molecule has 0 saturated heterocycles. The Morgan fingerprint density at radius 1 is 2.00 bits per heavy atom. The molecule has 2 nitrogen and oxygen atoms in total. The molecular formula is C7H8O2. The largest absolute Gasteiger partial charge is 0.480 e. The lowest BCUT2D eigenvalue weighted by molar-refractivity contribution is 0.149. The van der Waals surface area contributed by atoms with E-state index in [4.69, 9.17) is 16.3 Å². The van der Waals surface area contributed by atoms with Crippen LogP contribution in [0.25, 0.3) is 0 Å². The molecule has 0 amide bonds. The van der Waals surface area contributed by atoms with Gasteiger partial charge in [0.1, 0.15) is 12.4 Å². The summed E-state index contributed by atoms with van der Waals surface area (Å²) in [5.41, 5.74) is 0. The quantitative estimate of drug-likeness (QED) is 0.509. The predicted molar refractivity (Wildman–Crippen MR) is 33.5 cm³/mol. The van der Waals surface area contributed by atoms with Gasteiger partial charge in [-0.3, -0.25) is 0 Å². The first-order chi connectivity index (χ1) is 4.36. The minimum atomic E-state index is -0.146. The van der Waals surface area contributed by atoms with Crippen LogP contribution in [0.3, 0.4) is 0 Å². The monoisotopic (exact) mass is 124 g/mol. The van der Waals surface area contributed by atoms with E-state index >= 15 is 0 Å². The fourth-order valence-electron chi connectivity index (χ4n) is 0.721. The van der Waals surface area contributed by atoms with Gasteiger partial charge >= 0.3 is 0 Å². The summed E-state index contributed by atoms with van der Waals surface area (Å²) in [5, 5.41) is 8.52. The molecule has 1 aliphatic rings. The van der Waals surface area contributed by atoms with Crippen molar-refractivity contribution in [1.82, 2.24) is 0 Å². The molecule has 1 rings (SSSR count). The van der Waals surface area contributed by atoms with Crippen LogP contribution in [0.15, 0.2) is 11.8 Å². The Kier molecular flexibility index (Phi) is 1.76. The third-order valence-electron chi connectivity index (χ3n) is 1.19. The van der Waals surface area contributed by atoms with Crippen molar-refractivity contribution in [2.45, 2.75) is 12.5 Å². The lowest BCUT2D eigenvalue weighted by Gasteiger charge is -2.03. The summed E-state index contributed by atoms with van der Waals surface area (Å²) in [6, 6.07) is 0. The van der Waals surface area contributed by atoms with E-state index in [1.807, 2.05) is 6.08 Å². The molecule has 1 unspecified atom stereocenters. The molecule has 0 spiro atoms. The second-order valence-corrected chi connectivity index (χ2v) is 1.84. The smallest absolute Gasteiger partial charge is 0.162 e. The van der Waals surface area contributed by atoms with Crippen LogP contribution >= 0.6 is 0 Å². The van der Waals surface area contributed by atoms with Gasteiger partial charge in [0.2, 0.25) is 0 Å². The zero-order valence-corrected chi connectivity index (χ0v) is 5.00. The van der Waals surface area contributed by atoms with Crippen molar-refractivity contribution in [3.05, 3.63) is 11.8 Å². The van der Waals surface area contributed by atoms with Gasteiger partial charge in [0.05, 0.1) is 0 Å². The lowest BCUT2D eigenvalue weighted by atomic mass is 10.3. The van der Waals surface area contributed by atoms with E-state index in [-0.39, 0.29) is 12.7 Å². The molecule has 0 radical (unpaired) electrons. The molecule has 0 bridgehead atoms. The number of ether oxygens (including phenoxy) is 1. The molecule has 0 aromatic carbocycles. The highest BCUT2D eigenvalue weighted by molar-refractivity contribution is 5.10. The Hall–Kier alpha value is -0.940. The van der Waals surface area contributed by atoms with E-state index in [1.165, 1.54) is 0 Å². The third-order valence-corrected chi connectivity index (χ3v) is 1.19. The fraction of sp³-hybridized carbons (Fsp3) is 0.429. The second kappa shape index (κ2) is 2.56. The highest BCUT2D eigenvalue weighted by Crippen LogP contribution is 2.14. The standard InChI is InChI=1S/C7H8O2/c1-2-6-3-4-7(5-8)9-6/h1,4,6,8H,3,5H2. The highest BCUT2D eigenvalue weighted by Gasteiger charge is 2.13. The van der Waals surface area contributed by atoms with Crippen LogP contribution in [0.2, 0.25) is 0 Å². The second-order valence-electron chi connectivity index (χ2n) is 1.84. The maximum absolute atomic E-state index is 8.52. The van der Waals surface area contributed by atoms with Crippen molar-refractivity contribution in [3.63, 3.8) is 0 Å². The Balaban J connectivity index is 2.42. The van der Waals surface area contributed by atoms with Crippen molar-refractivity contribution in [2.75, 3.05) is 6.61 Å². The van der Waals surface area contributed by atoms with Gasteiger partial charge in [0.25, 0.3) is 0 Å². The molecule has 1 aliphatic heterocycles. The average Bonchev–Trinajstić information content (AvgIpc) is 2.34. The minimum Gasteiger partial charge on any atom is -0.480 e. The lowest BCUT2D eigenvalue weighted by Crippen LogP contribution is -2.02. The molecule has 0 aliphatic carbocycles.